The first-order chi connectivity index (χ1) is 16.5. The maximum atomic E-state index is 9.44. The molecule has 0 aromatic heterocycles. The number of rotatable bonds is 25. The van der Waals surface area contributed by atoms with Crippen molar-refractivity contribution in [3.63, 3.8) is 0 Å². The molecular weight excluding hydrogens is 994 g/mol. The van der Waals surface area contributed by atoms with Crippen molar-refractivity contribution in [2.75, 3.05) is 66.1 Å². The molecule has 3 unspecified atom stereocenters. The van der Waals surface area contributed by atoms with Crippen LogP contribution >= 0.6 is 0 Å². The topological polar surface area (TPSA) is 136 Å². The fourth-order valence-electron chi connectivity index (χ4n) is 2.69. The van der Waals surface area contributed by atoms with E-state index in [2.05, 4.69) is 35.5 Å². The third-order valence-corrected chi connectivity index (χ3v) is 4.46. The van der Waals surface area contributed by atoms with Crippen LogP contribution < -0.4 is 0 Å². The van der Waals surface area contributed by atoms with Gasteiger partial charge in [-0.3, -0.25) is 0 Å². The van der Waals surface area contributed by atoms with Gasteiger partial charge in [0.1, 0.15) is 0 Å². The fraction of sp³-hybridized carbons (Fsp3) is 0.840. The van der Waals surface area contributed by atoms with Crippen LogP contribution in [-0.4, -0.2) is 105 Å². The van der Waals surface area contributed by atoms with Gasteiger partial charge in [-0.1, -0.05) is 0 Å². The molecule has 0 radical (unpaired) electrons. The smallest absolute Gasteiger partial charge is 0.0976 e. The Bertz CT molecular complexity index is 350. The fourth-order valence-corrected chi connectivity index (χ4v) is 2.69. The predicted molar refractivity (Wildman–Crippen MR) is 135 cm³/mol. The predicted octanol–water partition coefficient (Wildman–Crippen LogP) is 2.09. The maximum absolute atomic E-state index is 9.44. The van der Waals surface area contributed by atoms with E-state index in [0.29, 0.717) is 13.2 Å². The molecule has 0 rings (SSSR count). The molecular formula is C25H52O10Rf2-4. The van der Waals surface area contributed by atoms with Crippen molar-refractivity contribution in [1.29, 1.82) is 0 Å². The molecule has 0 aliphatic carbocycles. The van der Waals surface area contributed by atoms with Crippen LogP contribution in [0.15, 0.2) is 0 Å². The van der Waals surface area contributed by atoms with Gasteiger partial charge in [-0.15, -0.1) is 0 Å². The molecule has 12 heteroatoms. The van der Waals surface area contributed by atoms with Crippen molar-refractivity contribution >= 4 is 0 Å². The zero-order valence-corrected chi connectivity index (χ0v) is 36.0. The van der Waals surface area contributed by atoms with Crippen molar-refractivity contribution in [2.24, 2.45) is 0 Å². The monoisotopic (exact) mass is 1050 g/mol. The Hall–Kier alpha value is -2.40. The van der Waals surface area contributed by atoms with Crippen LogP contribution in [0.5, 0.6) is 0 Å². The normalized spacial score (nSPS) is 12.7. The maximum Gasteiger partial charge on any atom is 0.0976 e. The summed E-state index contributed by atoms with van der Waals surface area (Å²) in [4.78, 5) is 0. The van der Waals surface area contributed by atoms with E-state index < -0.39 is 18.3 Å². The van der Waals surface area contributed by atoms with Crippen molar-refractivity contribution in [1.82, 2.24) is 0 Å². The van der Waals surface area contributed by atoms with E-state index in [1.165, 1.54) is 0 Å². The van der Waals surface area contributed by atoms with Crippen LogP contribution in [0, 0.1) is 28.8 Å². The second-order valence-corrected chi connectivity index (χ2v) is 7.80. The summed E-state index contributed by atoms with van der Waals surface area (Å²) in [5, 5.41) is 36.0. The van der Waals surface area contributed by atoms with Gasteiger partial charge in [0.25, 0.3) is 0 Å². The summed E-state index contributed by atoms with van der Waals surface area (Å²) < 4.78 is 29.5. The molecule has 37 heavy (non-hydrogen) atoms. The van der Waals surface area contributed by atoms with Gasteiger partial charge in [-0.2, -0.15) is 0 Å². The molecule has 0 aliphatic heterocycles. The van der Waals surface area contributed by atoms with Crippen LogP contribution in [0.25, 0.3) is 0 Å². The van der Waals surface area contributed by atoms with Crippen molar-refractivity contribution < 1.29 is 48.8 Å². The molecule has 220 valence electrons. The molecule has 0 aromatic carbocycles. The minimum absolute atomic E-state index is 0. The molecule has 0 aromatic rings. The van der Waals surface area contributed by atoms with Crippen LogP contribution in [0.1, 0.15) is 51.4 Å². The quantitative estimate of drug-likeness (QED) is 0.0797. The molecule has 3 atom stereocenters. The molecule has 10 nitrogen and oxygen atoms in total. The van der Waals surface area contributed by atoms with Crippen molar-refractivity contribution in [3.05, 3.63) is 28.8 Å². The largest absolute Gasteiger partial charge is 0.553 e. The first kappa shape index (κ1) is 44.6. The minimum atomic E-state index is -0.649. The van der Waals surface area contributed by atoms with Crippen LogP contribution in [0.3, 0.4) is 0 Å². The Morgan fingerprint density at radius 3 is 1.19 bits per heavy atom. The Kier molecular flexibility index (Phi) is 46.0. The molecule has 0 spiro atoms. The van der Waals surface area contributed by atoms with Crippen molar-refractivity contribution in [2.45, 2.75) is 69.7 Å². The molecule has 0 bridgehead atoms. The standard InChI is InChI=1S/C18H36O6.C6H13O4.CH3.2Rf/c1-21-15-17(19)9-3-5-11-23-13-7-8-14-24-12-6-4-10-18(20)16-22-2;1-9-4-6(8)5-10-3-2-7;;;/h17-20H,1-16H2;6-8H,1-5H2;1H3;;/q-2;2*-1;;. The van der Waals surface area contributed by atoms with Gasteiger partial charge < -0.3 is 56.3 Å². The van der Waals surface area contributed by atoms with Gasteiger partial charge in [0, 0.05) is 46.2 Å². The summed E-state index contributed by atoms with van der Waals surface area (Å²) >= 11 is 0. The summed E-state index contributed by atoms with van der Waals surface area (Å²) in [6.07, 6.45) is 5.74. The third-order valence-electron chi connectivity index (χ3n) is 4.46. The average molecular weight is 1050 g/mol. The Morgan fingerprint density at radius 1 is 0.486 bits per heavy atom. The number of hydrogen-bond acceptors (Lipinski definition) is 10. The molecule has 0 amide bonds. The van der Waals surface area contributed by atoms with Crippen molar-refractivity contribution in [3.8, 4) is 0 Å². The summed E-state index contributed by atoms with van der Waals surface area (Å²) in [7, 11) is 9.57. The van der Waals surface area contributed by atoms with Gasteiger partial charge in [-0.25, -0.2) is 21.3 Å². The van der Waals surface area contributed by atoms with E-state index in [1.807, 2.05) is 0 Å². The van der Waals surface area contributed by atoms with Crippen LogP contribution in [0.4, 0.5) is 0 Å². The van der Waals surface area contributed by atoms with Gasteiger partial charge in [0.2, 0.25) is 0 Å². The first-order valence-corrected chi connectivity index (χ1v) is 12.0. The Balaban J connectivity index is -0.000000224. The van der Waals surface area contributed by atoms with Gasteiger partial charge in [0.15, 0.2) is 0 Å². The van der Waals surface area contributed by atoms with E-state index in [1.54, 1.807) is 0 Å². The molecule has 0 fully saturated rings. The molecule has 0 saturated carbocycles. The number of aliphatic hydroxyl groups is 4. The van der Waals surface area contributed by atoms with E-state index >= 15 is 0 Å². The molecule has 0 saturated heterocycles. The number of unbranched alkanes of at least 4 members (excludes halogenated alkanes) is 3. The Labute approximate surface area is 213 Å². The van der Waals surface area contributed by atoms with Crippen LogP contribution in [-0.2, 0) is 28.4 Å². The zero-order chi connectivity index (χ0) is 25.7. The molecule has 4 N–H and O–H groups in total. The van der Waals surface area contributed by atoms with E-state index in [4.69, 9.17) is 24.4 Å². The van der Waals surface area contributed by atoms with Gasteiger partial charge in [-0.05, 0) is 51.4 Å². The zero-order valence-electron chi connectivity index (χ0n) is 23.2. The molecule has 0 heterocycles. The summed E-state index contributed by atoms with van der Waals surface area (Å²) in [6, 6.07) is 0. The number of aliphatic hydroxyl groups excluding tert-OH is 4. The second kappa shape index (κ2) is 38.1. The molecule has 0 aliphatic rings. The van der Waals surface area contributed by atoms with E-state index in [-0.39, 0.29) is 33.9 Å². The minimum Gasteiger partial charge on any atom is -0.553 e. The third kappa shape index (κ3) is 41.0. The van der Waals surface area contributed by atoms with Gasteiger partial charge in [0.05, 0.1) is 38.1 Å². The first-order valence-electron chi connectivity index (χ1n) is 12.0. The van der Waals surface area contributed by atoms with Crippen LogP contribution in [0.2, 0.25) is 0 Å². The van der Waals surface area contributed by atoms with E-state index in [9.17, 15) is 10.2 Å². The summed E-state index contributed by atoms with van der Waals surface area (Å²) in [6.45, 7) is 4.12. The van der Waals surface area contributed by atoms with E-state index in [0.717, 1.165) is 77.8 Å². The Morgan fingerprint density at radius 2 is 0.838 bits per heavy atom. The average Bonchev–Trinajstić information content (AvgIpc) is 2.80. The number of hydrogen-bond donors (Lipinski definition) is 4. The summed E-state index contributed by atoms with van der Waals surface area (Å²) in [5.74, 6) is 0. The SMILES string of the molecule is [CH2-]OCC(O)CCCCOCCCCOCCCCC(O)CO[CH2-].[CH2-]OCC(O)COCCO.[CH3-].[Rf].[Rf]. The van der Waals surface area contributed by atoms with Gasteiger partial charge >= 0.3 is 0 Å². The number of ether oxygens (including phenoxy) is 6. The summed E-state index contributed by atoms with van der Waals surface area (Å²) in [5.41, 5.74) is 0. The second-order valence-electron chi connectivity index (χ2n) is 7.80.